The summed E-state index contributed by atoms with van der Waals surface area (Å²) in [5.74, 6) is -1.34. The minimum atomic E-state index is -1.45. The molecule has 548 valence electrons. The highest BCUT2D eigenvalue weighted by molar-refractivity contribution is 9.10. The summed E-state index contributed by atoms with van der Waals surface area (Å²) in [5.41, 5.74) is 12.9. The van der Waals surface area contributed by atoms with Gasteiger partial charge >= 0.3 is 11.9 Å². The Kier molecular flexibility index (Phi) is 39.4. The number of rotatable bonds is 28. The number of allylic oxidation sites excluding steroid dienone is 2. The quantitative estimate of drug-likeness (QED) is 0.0374. The zero-order chi connectivity index (χ0) is 76.4. The molecule has 0 unspecified atom stereocenters. The molecule has 0 aliphatic heterocycles. The van der Waals surface area contributed by atoms with Gasteiger partial charge in [-0.2, -0.15) is 0 Å². The van der Waals surface area contributed by atoms with E-state index in [1.165, 1.54) is 96.6 Å². The van der Waals surface area contributed by atoms with E-state index >= 15 is 0 Å². The molecule has 4 atom stereocenters. The standard InChI is InChI=1S/C23H32OSi.C22H30O2Si.C16H24OSi.C15H22O2Si.2C7H7Br/c1-18-8-10-21(11-9-18)7-6-16-25(4,5)23-14-12-22(13-15-23)17-19(2)20(3)24;1-17-7-9-19(10-8-17)6-5-15-25(3,4)21-13-11-20(12-14-21)16-18(2)22(23)24;1-6-11-18(4,5)16-9-7-15(8-10-16)12-13(2)14(3)17;1-5-10-18(3,4)14-8-6-13(7-9-14)11-12(2)15(16)17;2*1-6-2-4-7(8)5-3-6/h8-15,19H,6-7,16-17H2,1-5H3;7-14,18H,5-6,15-16H2,1-4H3,(H,23,24);6-10,13H,1,11-12H2,2-5H3;5-9,12H,1,10-11H2,2-4H3,(H,16,17);2*2-5H,1H3/t19-;18-;13-;12-;;/m0000../s1. The Morgan fingerprint density at radius 2 is 0.549 bits per heavy atom. The molecule has 8 aromatic carbocycles. The fraction of sp³-hybridized carbons (Fsp3) is 0.378. The van der Waals surface area contributed by atoms with Gasteiger partial charge in [0.2, 0.25) is 0 Å². The van der Waals surface area contributed by atoms with Crippen molar-refractivity contribution in [2.75, 3.05) is 0 Å². The van der Waals surface area contributed by atoms with E-state index in [1.807, 2.05) is 50.3 Å². The molecule has 8 rings (SSSR count). The van der Waals surface area contributed by atoms with Crippen LogP contribution in [-0.4, -0.2) is 66.0 Å². The van der Waals surface area contributed by atoms with E-state index in [4.69, 9.17) is 10.2 Å². The fourth-order valence-electron chi connectivity index (χ4n) is 11.5. The number of benzene rings is 8. The molecule has 2 N–H and O–H groups in total. The number of carbonyl (C=O) groups excluding carboxylic acids is 2. The number of carboxylic acids is 2. The number of aliphatic carboxylic acids is 2. The van der Waals surface area contributed by atoms with Crippen LogP contribution in [0.5, 0.6) is 0 Å². The number of aryl methyl sites for hydroxylation is 6. The minimum absolute atomic E-state index is 0.116. The molecule has 0 aliphatic carbocycles. The molecule has 0 aromatic heterocycles. The van der Waals surface area contributed by atoms with Gasteiger partial charge in [0.15, 0.2) is 0 Å². The van der Waals surface area contributed by atoms with Crippen molar-refractivity contribution in [2.24, 2.45) is 23.7 Å². The van der Waals surface area contributed by atoms with Crippen LogP contribution in [0.2, 0.25) is 76.6 Å². The van der Waals surface area contributed by atoms with Gasteiger partial charge in [0.05, 0.1) is 44.1 Å². The molecule has 0 heterocycles. The van der Waals surface area contributed by atoms with E-state index in [0.29, 0.717) is 12.8 Å². The first-order valence-corrected chi connectivity index (χ1v) is 50.9. The van der Waals surface area contributed by atoms with E-state index in [2.05, 4.69) is 295 Å². The lowest BCUT2D eigenvalue weighted by Crippen LogP contribution is -2.41. The molecule has 102 heavy (non-hydrogen) atoms. The van der Waals surface area contributed by atoms with Crippen LogP contribution in [0.3, 0.4) is 0 Å². The van der Waals surface area contributed by atoms with Crippen molar-refractivity contribution in [3.8, 4) is 0 Å². The summed E-state index contributed by atoms with van der Waals surface area (Å²) in [6, 6.07) is 74.0. The third-order valence-corrected chi connectivity index (χ3v) is 33.9. The molecule has 0 saturated carbocycles. The van der Waals surface area contributed by atoms with Crippen LogP contribution < -0.4 is 20.7 Å². The van der Waals surface area contributed by atoms with Crippen LogP contribution in [0.15, 0.2) is 228 Å². The predicted molar refractivity (Wildman–Crippen MR) is 459 cm³/mol. The van der Waals surface area contributed by atoms with Gasteiger partial charge in [-0.05, 0) is 150 Å². The monoisotopic (exact) mass is 1570 g/mol. The Hall–Kier alpha value is -6.65. The Balaban J connectivity index is 0.000000331. The summed E-state index contributed by atoms with van der Waals surface area (Å²) in [7, 11) is -5.59. The lowest BCUT2D eigenvalue weighted by atomic mass is 9.98. The largest absolute Gasteiger partial charge is 0.481 e. The maximum atomic E-state index is 11.4. The van der Waals surface area contributed by atoms with Crippen molar-refractivity contribution >= 4 is 108 Å². The van der Waals surface area contributed by atoms with E-state index in [9.17, 15) is 19.2 Å². The molecular formula is C90H122Br2O6Si4. The minimum Gasteiger partial charge on any atom is -0.481 e. The van der Waals surface area contributed by atoms with Gasteiger partial charge < -0.3 is 10.2 Å². The Labute approximate surface area is 637 Å². The molecule has 0 spiro atoms. The van der Waals surface area contributed by atoms with E-state index < -0.39 is 44.2 Å². The Bertz CT molecular complexity index is 3490. The molecule has 12 heteroatoms. The van der Waals surface area contributed by atoms with Crippen LogP contribution in [0.4, 0.5) is 0 Å². The molecule has 6 nitrogen and oxygen atoms in total. The summed E-state index contributed by atoms with van der Waals surface area (Å²) in [6.45, 7) is 46.1. The number of halogens is 2. The summed E-state index contributed by atoms with van der Waals surface area (Å²) in [6.07, 6.45) is 11.7. The predicted octanol–water partition coefficient (Wildman–Crippen LogP) is 22.2. The highest BCUT2D eigenvalue weighted by Crippen LogP contribution is 2.22. The third-order valence-electron chi connectivity index (χ3n) is 19.4. The van der Waals surface area contributed by atoms with E-state index in [-0.39, 0.29) is 35.2 Å². The average molecular weight is 1570 g/mol. The topological polar surface area (TPSA) is 109 Å². The number of ketones is 2. The third kappa shape index (κ3) is 34.8. The second-order valence-corrected chi connectivity index (χ2v) is 51.9. The number of carbonyl (C=O) groups is 4. The van der Waals surface area contributed by atoms with Crippen molar-refractivity contribution in [3.63, 3.8) is 0 Å². The smallest absolute Gasteiger partial charge is 0.306 e. The highest BCUT2D eigenvalue weighted by Gasteiger charge is 2.26. The number of Topliss-reactive ketones (excluding diaryl/α,β-unsaturated/α-hetero) is 2. The number of hydrogen-bond acceptors (Lipinski definition) is 4. The van der Waals surface area contributed by atoms with Crippen LogP contribution in [0, 0.1) is 51.4 Å². The van der Waals surface area contributed by atoms with Gasteiger partial charge in [-0.25, -0.2) is 0 Å². The van der Waals surface area contributed by atoms with Crippen LogP contribution in [-0.2, 0) is 57.7 Å². The van der Waals surface area contributed by atoms with Gasteiger partial charge in [-0.3, -0.25) is 19.2 Å². The van der Waals surface area contributed by atoms with Crippen LogP contribution >= 0.6 is 31.9 Å². The van der Waals surface area contributed by atoms with Crippen LogP contribution in [0.25, 0.3) is 0 Å². The second kappa shape index (κ2) is 44.9. The summed E-state index contributed by atoms with van der Waals surface area (Å²) in [4.78, 5) is 44.5. The highest BCUT2D eigenvalue weighted by atomic mass is 79.9. The molecule has 0 amide bonds. The zero-order valence-electron chi connectivity index (χ0n) is 65.1. The average Bonchev–Trinajstić information content (AvgIpc) is 0.860. The van der Waals surface area contributed by atoms with Gasteiger partial charge in [0.1, 0.15) is 11.6 Å². The van der Waals surface area contributed by atoms with Crippen molar-refractivity contribution in [1.82, 2.24) is 0 Å². The molecule has 0 radical (unpaired) electrons. The number of carboxylic acid groups (broad SMARTS) is 2. The first-order valence-electron chi connectivity index (χ1n) is 36.5. The van der Waals surface area contributed by atoms with Gasteiger partial charge in [-0.15, -0.1) is 13.2 Å². The van der Waals surface area contributed by atoms with E-state index in [1.54, 1.807) is 27.7 Å². The molecule has 0 saturated heterocycles. The molecular weight excluding hydrogens is 1450 g/mol. The molecule has 0 bridgehead atoms. The maximum Gasteiger partial charge on any atom is 0.306 e. The van der Waals surface area contributed by atoms with Gasteiger partial charge in [0.25, 0.3) is 0 Å². The second-order valence-electron chi connectivity index (χ2n) is 30.9. The molecule has 8 aromatic rings. The summed E-state index contributed by atoms with van der Waals surface area (Å²) in [5, 5.41) is 23.8. The van der Waals surface area contributed by atoms with E-state index in [0.717, 1.165) is 51.4 Å². The lowest BCUT2D eigenvalue weighted by Gasteiger charge is -2.23. The lowest BCUT2D eigenvalue weighted by molar-refractivity contribution is -0.142. The SMILES string of the molecule is C=CC[Si](C)(C)c1ccc(C[C@H](C)C(=O)O)cc1.C=CC[Si](C)(C)c1ccc(C[C@H](C)C(C)=O)cc1.CC(=O)[C@@H](C)Cc1ccc([Si](C)(C)CCCc2ccc(C)cc2)cc1.Cc1ccc(Br)cc1.Cc1ccc(Br)cc1.Cc1ccc(CCC[Si](C)(C)c2ccc(C[C@H](C)C(=O)O)cc2)cc1. The molecule has 0 fully saturated rings. The maximum absolute atomic E-state index is 11.4. The Morgan fingerprint density at radius 3 is 0.755 bits per heavy atom. The van der Waals surface area contributed by atoms with Crippen molar-refractivity contribution < 1.29 is 29.4 Å². The normalized spacial score (nSPS) is 12.4. The van der Waals surface area contributed by atoms with Crippen molar-refractivity contribution in [1.29, 1.82) is 0 Å². The number of hydrogen-bond donors (Lipinski definition) is 2. The van der Waals surface area contributed by atoms with Gasteiger partial charge in [-0.1, -0.05) is 362 Å². The summed E-state index contributed by atoms with van der Waals surface area (Å²) >= 11 is 6.69. The first kappa shape index (κ1) is 89.6. The van der Waals surface area contributed by atoms with Crippen LogP contribution in [0.1, 0.15) is 110 Å². The van der Waals surface area contributed by atoms with Gasteiger partial charge in [0, 0.05) is 20.8 Å². The fourth-order valence-corrected chi connectivity index (χ4v) is 21.0. The summed E-state index contributed by atoms with van der Waals surface area (Å²) < 4.78 is 2.28. The zero-order valence-corrected chi connectivity index (χ0v) is 72.3. The van der Waals surface area contributed by atoms with Crippen molar-refractivity contribution in [2.45, 2.75) is 197 Å². The first-order chi connectivity index (χ1) is 47.9. The Morgan fingerprint density at radius 1 is 0.343 bits per heavy atom. The molecule has 0 aliphatic rings. The van der Waals surface area contributed by atoms with Crippen molar-refractivity contribution in [3.05, 3.63) is 284 Å².